The Morgan fingerprint density at radius 1 is 0.871 bits per heavy atom. The first-order chi connectivity index (χ1) is 15.3. The van der Waals surface area contributed by atoms with E-state index < -0.39 is 0 Å². The molecule has 0 spiro atoms. The maximum Gasteiger partial charge on any atom is 0.133 e. The van der Waals surface area contributed by atoms with E-state index in [1.54, 1.807) is 11.1 Å². The summed E-state index contributed by atoms with van der Waals surface area (Å²) in [6.45, 7) is 3.37. The summed E-state index contributed by atoms with van der Waals surface area (Å²) in [6, 6.07) is 31.0. The van der Waals surface area contributed by atoms with E-state index >= 15 is 0 Å². The largest absolute Gasteiger partial charge is 0.369 e. The molecule has 2 heteroatoms. The molecule has 4 aromatic rings. The summed E-state index contributed by atoms with van der Waals surface area (Å²) < 4.78 is 0. The van der Waals surface area contributed by atoms with Crippen molar-refractivity contribution in [2.45, 2.75) is 31.6 Å². The van der Waals surface area contributed by atoms with Gasteiger partial charge in [0.05, 0.1) is 0 Å². The Hall–Kier alpha value is -3.13. The molecule has 0 bridgehead atoms. The molecule has 0 radical (unpaired) electrons. The Kier molecular flexibility index (Phi) is 4.34. The van der Waals surface area contributed by atoms with Gasteiger partial charge in [-0.2, -0.15) is 0 Å². The van der Waals surface area contributed by atoms with E-state index in [2.05, 4.69) is 102 Å². The molecule has 1 heterocycles. The van der Waals surface area contributed by atoms with Gasteiger partial charge >= 0.3 is 0 Å². The number of fused-ring (bicyclic) bond motifs is 4. The molecule has 0 saturated heterocycles. The van der Waals surface area contributed by atoms with Gasteiger partial charge in [0.25, 0.3) is 0 Å². The molecule has 6 rings (SSSR count). The van der Waals surface area contributed by atoms with Gasteiger partial charge in [-0.1, -0.05) is 85.8 Å². The van der Waals surface area contributed by atoms with Crippen molar-refractivity contribution in [1.82, 2.24) is 4.98 Å². The van der Waals surface area contributed by atoms with E-state index in [9.17, 15) is 0 Å². The Labute approximate surface area is 184 Å². The van der Waals surface area contributed by atoms with E-state index in [0.29, 0.717) is 17.8 Å². The molecule has 1 fully saturated rings. The lowest BCUT2D eigenvalue weighted by Crippen LogP contribution is -2.50. The van der Waals surface area contributed by atoms with Crippen LogP contribution in [0.1, 0.15) is 48.3 Å². The molecule has 2 aliphatic carbocycles. The van der Waals surface area contributed by atoms with Crippen LogP contribution in [0.15, 0.2) is 91.1 Å². The highest BCUT2D eigenvalue weighted by Gasteiger charge is 2.63. The Morgan fingerprint density at radius 3 is 2.45 bits per heavy atom. The lowest BCUT2D eigenvalue weighted by atomic mass is 9.48. The van der Waals surface area contributed by atoms with Gasteiger partial charge in [0.15, 0.2) is 0 Å². The fraction of sp³-hybridized carbons (Fsp3) is 0.276. The van der Waals surface area contributed by atoms with Gasteiger partial charge in [0, 0.05) is 24.0 Å². The lowest BCUT2D eigenvalue weighted by molar-refractivity contribution is -0.000583. The molecule has 4 atom stereocenters. The first-order valence-electron chi connectivity index (χ1n) is 11.5. The second-order valence-corrected chi connectivity index (χ2v) is 9.19. The molecule has 1 aromatic heterocycles. The van der Waals surface area contributed by atoms with Gasteiger partial charge < -0.3 is 5.32 Å². The van der Waals surface area contributed by atoms with Crippen molar-refractivity contribution in [3.05, 3.63) is 108 Å². The number of aromatic nitrogens is 1. The highest BCUT2D eigenvalue weighted by molar-refractivity contribution is 5.91. The number of hydrogen-bond acceptors (Lipinski definition) is 2. The Morgan fingerprint density at radius 2 is 1.61 bits per heavy atom. The second-order valence-electron chi connectivity index (χ2n) is 9.19. The van der Waals surface area contributed by atoms with Crippen molar-refractivity contribution in [2.75, 3.05) is 11.9 Å². The van der Waals surface area contributed by atoms with Gasteiger partial charge in [-0.05, 0) is 58.2 Å². The second kappa shape index (κ2) is 7.23. The maximum absolute atomic E-state index is 4.68. The highest BCUT2D eigenvalue weighted by Crippen LogP contribution is 2.72. The van der Waals surface area contributed by atoms with Gasteiger partial charge in [-0.25, -0.2) is 4.98 Å². The third-order valence-electron chi connectivity index (χ3n) is 8.08. The number of nitrogens with zero attached hydrogens (tertiary/aromatic N) is 1. The molecule has 0 aliphatic heterocycles. The number of hydrogen-bond donors (Lipinski definition) is 1. The zero-order valence-electron chi connectivity index (χ0n) is 18.0. The van der Waals surface area contributed by atoms with Crippen LogP contribution in [0.3, 0.4) is 0 Å². The third kappa shape index (κ3) is 2.67. The van der Waals surface area contributed by atoms with Crippen molar-refractivity contribution in [3.8, 4) is 0 Å². The Bertz CT molecular complexity index is 1230. The number of benzene rings is 3. The number of rotatable bonds is 5. The van der Waals surface area contributed by atoms with Crippen molar-refractivity contribution < 1.29 is 0 Å². The molecule has 31 heavy (non-hydrogen) atoms. The summed E-state index contributed by atoms with van der Waals surface area (Å²) >= 11 is 0. The summed E-state index contributed by atoms with van der Waals surface area (Å²) in [7, 11) is 0. The average molecular weight is 405 g/mol. The minimum Gasteiger partial charge on any atom is -0.369 e. The van der Waals surface area contributed by atoms with Crippen molar-refractivity contribution >= 4 is 16.6 Å². The standard InChI is InChI=1S/C29H28N2/c1-2-29-22(19-31-28-23-13-7-6-10-20(23)16-17-30-28)18-26(29)24-14-8-9-15-25(24)27(29)21-11-4-3-5-12-21/h3-17,22,26-27H,2,18-19H2,1H3,(H,30,31). The summed E-state index contributed by atoms with van der Waals surface area (Å²) in [5, 5.41) is 6.20. The van der Waals surface area contributed by atoms with Crippen molar-refractivity contribution in [3.63, 3.8) is 0 Å². The third-order valence-corrected chi connectivity index (χ3v) is 8.08. The molecule has 1 saturated carbocycles. The van der Waals surface area contributed by atoms with Crippen molar-refractivity contribution in [2.24, 2.45) is 11.3 Å². The topological polar surface area (TPSA) is 24.9 Å². The fourth-order valence-corrected chi connectivity index (χ4v) is 6.71. The molecule has 3 aromatic carbocycles. The van der Waals surface area contributed by atoms with E-state index in [-0.39, 0.29) is 5.41 Å². The predicted octanol–water partition coefficient (Wildman–Crippen LogP) is 6.99. The molecule has 1 N–H and O–H groups in total. The predicted molar refractivity (Wildman–Crippen MR) is 129 cm³/mol. The molecule has 154 valence electrons. The average Bonchev–Trinajstić information content (AvgIpc) is 3.04. The van der Waals surface area contributed by atoms with Crippen LogP contribution < -0.4 is 5.32 Å². The van der Waals surface area contributed by atoms with E-state index in [0.717, 1.165) is 12.4 Å². The minimum atomic E-state index is 0.280. The molecule has 4 unspecified atom stereocenters. The Balaban J connectivity index is 1.36. The molecular weight excluding hydrogens is 376 g/mol. The quantitative estimate of drug-likeness (QED) is 0.388. The molecule has 2 nitrogen and oxygen atoms in total. The maximum atomic E-state index is 4.68. The summed E-state index contributed by atoms with van der Waals surface area (Å²) in [5.74, 6) is 2.77. The molecule has 2 aliphatic rings. The molecule has 0 amide bonds. The summed E-state index contributed by atoms with van der Waals surface area (Å²) in [4.78, 5) is 4.68. The summed E-state index contributed by atoms with van der Waals surface area (Å²) in [5.41, 5.74) is 4.87. The number of anilines is 1. The van der Waals surface area contributed by atoms with E-state index in [1.807, 2.05) is 6.20 Å². The summed E-state index contributed by atoms with van der Waals surface area (Å²) in [6.07, 6.45) is 4.37. The van der Waals surface area contributed by atoms with Crippen LogP contribution >= 0.6 is 0 Å². The van der Waals surface area contributed by atoms with Gasteiger partial charge in [0.1, 0.15) is 5.82 Å². The van der Waals surface area contributed by atoms with Gasteiger partial charge in [-0.3, -0.25) is 0 Å². The van der Waals surface area contributed by atoms with E-state index in [1.165, 1.54) is 29.2 Å². The lowest BCUT2D eigenvalue weighted by Gasteiger charge is -2.56. The van der Waals surface area contributed by atoms with Gasteiger partial charge in [0.2, 0.25) is 0 Å². The van der Waals surface area contributed by atoms with Crippen LogP contribution in [0.2, 0.25) is 0 Å². The van der Waals surface area contributed by atoms with Gasteiger partial charge in [-0.15, -0.1) is 0 Å². The highest BCUT2D eigenvalue weighted by atomic mass is 15.0. The van der Waals surface area contributed by atoms with Crippen LogP contribution in [0.4, 0.5) is 5.82 Å². The first-order valence-corrected chi connectivity index (χ1v) is 11.5. The first kappa shape index (κ1) is 18.6. The smallest absolute Gasteiger partial charge is 0.133 e. The van der Waals surface area contributed by atoms with Crippen molar-refractivity contribution in [1.29, 1.82) is 0 Å². The van der Waals surface area contributed by atoms with Crippen LogP contribution in [-0.2, 0) is 0 Å². The SMILES string of the molecule is CCC12C(CNc3nccc4ccccc34)CC1c1ccccc1C2c1ccccc1. The van der Waals surface area contributed by atoms with Crippen LogP contribution in [0.25, 0.3) is 10.8 Å². The van der Waals surface area contributed by atoms with Crippen LogP contribution in [0, 0.1) is 11.3 Å². The normalized spacial score (nSPS) is 26.2. The zero-order valence-corrected chi connectivity index (χ0v) is 18.0. The molecular formula is C29H28N2. The number of pyridine rings is 1. The van der Waals surface area contributed by atoms with E-state index in [4.69, 9.17) is 0 Å². The monoisotopic (exact) mass is 404 g/mol. The number of nitrogens with one attached hydrogen (secondary N) is 1. The van der Waals surface area contributed by atoms with Crippen LogP contribution in [-0.4, -0.2) is 11.5 Å². The minimum absolute atomic E-state index is 0.280. The van der Waals surface area contributed by atoms with Crippen LogP contribution in [0.5, 0.6) is 0 Å². The fourth-order valence-electron chi connectivity index (χ4n) is 6.71. The zero-order chi connectivity index (χ0) is 20.8.